The summed E-state index contributed by atoms with van der Waals surface area (Å²) in [7, 11) is 0. The number of carbonyl (C=O) groups is 1. The molecule has 7 heteroatoms. The van der Waals surface area contributed by atoms with E-state index in [4.69, 9.17) is 11.6 Å². The predicted octanol–water partition coefficient (Wildman–Crippen LogP) is 3.48. The number of carbonyl (C=O) groups excluding carboxylic acids is 1. The van der Waals surface area contributed by atoms with Gasteiger partial charge in [0, 0.05) is 17.3 Å². The molecule has 0 saturated heterocycles. The average Bonchev–Trinajstić information content (AvgIpc) is 2.78. The summed E-state index contributed by atoms with van der Waals surface area (Å²) in [5.41, 5.74) is 1.53. The molecule has 1 atom stereocenters. The predicted molar refractivity (Wildman–Crippen MR) is 93.2 cm³/mol. The molecule has 0 fully saturated rings. The normalized spacial score (nSPS) is 17.6. The van der Waals surface area contributed by atoms with Crippen molar-refractivity contribution in [3.8, 4) is 0 Å². The lowest BCUT2D eigenvalue weighted by molar-refractivity contribution is 0.0952. The zero-order valence-electron chi connectivity index (χ0n) is 10.7. The van der Waals surface area contributed by atoms with E-state index in [1.165, 1.54) is 0 Å². The number of aromatic nitrogens is 2. The lowest BCUT2D eigenvalue weighted by Crippen LogP contribution is -2.42. The van der Waals surface area contributed by atoms with Crippen molar-refractivity contribution >= 4 is 59.3 Å². The highest BCUT2D eigenvalue weighted by atomic mass is 127. The van der Waals surface area contributed by atoms with E-state index in [-0.39, 0.29) is 25.4 Å². The third-order valence-corrected chi connectivity index (χ3v) is 4.24. The summed E-state index contributed by atoms with van der Waals surface area (Å²) in [6.07, 6.45) is 1.73. The number of benzene rings is 1. The van der Waals surface area contributed by atoms with Crippen LogP contribution in [0.2, 0.25) is 5.02 Å². The van der Waals surface area contributed by atoms with E-state index < -0.39 is 0 Å². The lowest BCUT2D eigenvalue weighted by atomic mass is 10.1. The molecule has 1 aromatic heterocycles. The van der Waals surface area contributed by atoms with Crippen LogP contribution in [0.5, 0.6) is 0 Å². The van der Waals surface area contributed by atoms with E-state index in [2.05, 4.69) is 34.6 Å². The maximum atomic E-state index is 12.6. The fraction of sp³-hybridized carbons (Fsp3) is 0.231. The molecular weight excluding hydrogens is 409 g/mol. The number of rotatable bonds is 1. The van der Waals surface area contributed by atoms with Gasteiger partial charge in [-0.2, -0.15) is 18.6 Å². The number of amides is 1. The molecule has 106 valence electrons. The van der Waals surface area contributed by atoms with E-state index in [9.17, 15) is 4.79 Å². The highest BCUT2D eigenvalue weighted by molar-refractivity contribution is 14.1. The van der Waals surface area contributed by atoms with Gasteiger partial charge in [-0.25, -0.2) is 0 Å². The fourth-order valence-electron chi connectivity index (χ4n) is 2.27. The topological polar surface area (TPSA) is 38.1 Å². The molecule has 0 saturated carbocycles. The molecule has 0 unspecified atom stereocenters. The van der Waals surface area contributed by atoms with Gasteiger partial charge in [-0.05, 0) is 53.8 Å². The summed E-state index contributed by atoms with van der Waals surface area (Å²) >= 11 is 8.03. The minimum absolute atomic E-state index is 0. The van der Waals surface area contributed by atoms with Crippen LogP contribution in [0.1, 0.15) is 23.5 Å². The van der Waals surface area contributed by atoms with Crippen molar-refractivity contribution < 1.29 is 4.79 Å². The molecule has 1 amide bonds. The van der Waals surface area contributed by atoms with Crippen molar-refractivity contribution in [2.75, 3.05) is 11.4 Å². The van der Waals surface area contributed by atoms with Gasteiger partial charge in [0.1, 0.15) is 5.69 Å². The van der Waals surface area contributed by atoms with Crippen molar-refractivity contribution in [3.05, 3.63) is 44.7 Å². The quantitative estimate of drug-likeness (QED) is 0.661. The Balaban J connectivity index is 0.00000147. The molecule has 0 spiro atoms. The molecule has 20 heavy (non-hydrogen) atoms. The average molecular weight is 422 g/mol. The van der Waals surface area contributed by atoms with Crippen molar-refractivity contribution in [1.82, 2.24) is 9.78 Å². The zero-order chi connectivity index (χ0) is 13.6. The molecule has 4 nitrogen and oxygen atoms in total. The molecule has 2 heterocycles. The largest absolute Gasteiger partial charge is 0.305 e. The van der Waals surface area contributed by atoms with Crippen molar-refractivity contribution in [2.24, 2.45) is 0 Å². The van der Waals surface area contributed by atoms with Crippen LogP contribution in [0.25, 0.3) is 0 Å². The van der Waals surface area contributed by atoms with E-state index in [0.29, 0.717) is 17.3 Å². The van der Waals surface area contributed by atoms with Crippen LogP contribution in [0.15, 0.2) is 30.5 Å². The second-order valence-corrected chi connectivity index (χ2v) is 6.13. The first-order valence-electron chi connectivity index (χ1n) is 5.88. The molecule has 1 aliphatic heterocycles. The Kier molecular flexibility index (Phi) is 4.66. The van der Waals surface area contributed by atoms with Crippen LogP contribution < -0.4 is 4.90 Å². The Morgan fingerprint density at radius 1 is 1.35 bits per heavy atom. The summed E-state index contributed by atoms with van der Waals surface area (Å²) in [6.45, 7) is 2.67. The standard InChI is InChI=1S/C13H11ClIN3O.H2S/c1-8-7-17(10-4-2-9(14)3-5-10)13(19)12-11(15)6-16-18(8)12;/h2-6,8H,7H2,1H3;1H2/t8-;/m0./s1. The lowest BCUT2D eigenvalue weighted by Gasteiger charge is -2.32. The Morgan fingerprint density at radius 2 is 2.00 bits per heavy atom. The molecule has 0 bridgehead atoms. The van der Waals surface area contributed by atoms with Gasteiger partial charge < -0.3 is 4.90 Å². The third-order valence-electron chi connectivity index (χ3n) is 3.20. The first-order valence-corrected chi connectivity index (χ1v) is 7.34. The minimum Gasteiger partial charge on any atom is -0.305 e. The van der Waals surface area contributed by atoms with Crippen LogP contribution in [0, 0.1) is 3.57 Å². The number of hydrogen-bond donors (Lipinski definition) is 0. The van der Waals surface area contributed by atoms with Crippen LogP contribution in [0.4, 0.5) is 5.69 Å². The van der Waals surface area contributed by atoms with E-state index >= 15 is 0 Å². The molecule has 3 rings (SSSR count). The molecule has 1 aliphatic rings. The van der Waals surface area contributed by atoms with Crippen LogP contribution in [-0.4, -0.2) is 22.2 Å². The molecular formula is C13H13ClIN3OS. The fourth-order valence-corrected chi connectivity index (χ4v) is 3.00. The van der Waals surface area contributed by atoms with Gasteiger partial charge in [-0.1, -0.05) is 11.6 Å². The van der Waals surface area contributed by atoms with Gasteiger partial charge in [0.05, 0.1) is 15.8 Å². The number of nitrogens with zero attached hydrogens (tertiary/aromatic N) is 3. The summed E-state index contributed by atoms with van der Waals surface area (Å²) in [5.74, 6) is -0.0117. The highest BCUT2D eigenvalue weighted by Crippen LogP contribution is 2.28. The van der Waals surface area contributed by atoms with Crippen molar-refractivity contribution in [2.45, 2.75) is 13.0 Å². The minimum atomic E-state index is -0.0117. The molecule has 0 N–H and O–H groups in total. The van der Waals surface area contributed by atoms with E-state index in [1.54, 1.807) is 27.9 Å². The van der Waals surface area contributed by atoms with Crippen LogP contribution >= 0.6 is 47.7 Å². The number of hydrogen-bond acceptors (Lipinski definition) is 2. The highest BCUT2D eigenvalue weighted by Gasteiger charge is 2.32. The van der Waals surface area contributed by atoms with E-state index in [0.717, 1.165) is 9.26 Å². The maximum absolute atomic E-state index is 12.6. The molecule has 0 radical (unpaired) electrons. The Labute approximate surface area is 142 Å². The van der Waals surface area contributed by atoms with Crippen LogP contribution in [-0.2, 0) is 0 Å². The number of halogens is 2. The number of anilines is 1. The second kappa shape index (κ2) is 5.95. The summed E-state index contributed by atoms with van der Waals surface area (Å²) in [4.78, 5) is 14.3. The van der Waals surface area contributed by atoms with Crippen molar-refractivity contribution in [1.29, 1.82) is 0 Å². The molecule has 0 aliphatic carbocycles. The maximum Gasteiger partial charge on any atom is 0.277 e. The third kappa shape index (κ3) is 2.56. The van der Waals surface area contributed by atoms with E-state index in [1.807, 2.05) is 12.1 Å². The first-order chi connectivity index (χ1) is 9.08. The van der Waals surface area contributed by atoms with Gasteiger partial charge in [0.2, 0.25) is 0 Å². The van der Waals surface area contributed by atoms with Gasteiger partial charge in [0.15, 0.2) is 0 Å². The van der Waals surface area contributed by atoms with Gasteiger partial charge in [-0.3, -0.25) is 9.48 Å². The summed E-state index contributed by atoms with van der Waals surface area (Å²) < 4.78 is 2.68. The Bertz CT molecular complexity index is 644. The Morgan fingerprint density at radius 3 is 2.65 bits per heavy atom. The monoisotopic (exact) mass is 421 g/mol. The number of fused-ring (bicyclic) bond motifs is 1. The second-order valence-electron chi connectivity index (χ2n) is 4.53. The molecule has 1 aromatic carbocycles. The van der Waals surface area contributed by atoms with Gasteiger partial charge >= 0.3 is 0 Å². The van der Waals surface area contributed by atoms with Crippen LogP contribution in [0.3, 0.4) is 0 Å². The molecule has 2 aromatic rings. The Hall–Kier alpha value is -0.730. The van der Waals surface area contributed by atoms with Gasteiger partial charge in [0.25, 0.3) is 5.91 Å². The first kappa shape index (κ1) is 15.7. The summed E-state index contributed by atoms with van der Waals surface area (Å²) in [5, 5.41) is 4.94. The SMILES string of the molecule is C[C@H]1CN(c2ccc(Cl)cc2)C(=O)c2c(I)cnn21.S. The van der Waals surface area contributed by atoms with Crippen molar-refractivity contribution in [3.63, 3.8) is 0 Å². The smallest absolute Gasteiger partial charge is 0.277 e. The van der Waals surface area contributed by atoms with Gasteiger partial charge in [-0.15, -0.1) is 0 Å². The zero-order valence-corrected chi connectivity index (χ0v) is 14.6. The summed E-state index contributed by atoms with van der Waals surface area (Å²) in [6, 6.07) is 7.49.